The van der Waals surface area contributed by atoms with Crippen molar-refractivity contribution in [3.05, 3.63) is 255 Å². The van der Waals surface area contributed by atoms with Gasteiger partial charge in [0.1, 0.15) is 5.69 Å². The summed E-state index contributed by atoms with van der Waals surface area (Å²) < 4.78 is 2.16. The lowest BCUT2D eigenvalue weighted by Crippen LogP contribution is -1.97. The average molecular weight is 855 g/mol. The molecule has 67 heavy (non-hydrogen) atoms. The molecule has 0 saturated heterocycles. The zero-order valence-corrected chi connectivity index (χ0v) is 36.5. The maximum Gasteiger partial charge on any atom is 0.160 e. The topological polar surface area (TPSA) is 43.1 Å². The van der Waals surface area contributed by atoms with E-state index in [9.17, 15) is 0 Å². The molecule has 9 aromatic carbocycles. The van der Waals surface area contributed by atoms with E-state index in [-0.39, 0.29) is 0 Å². The highest BCUT2D eigenvalue weighted by molar-refractivity contribution is 6.12. The summed E-state index contributed by atoms with van der Waals surface area (Å²) >= 11 is 0. The zero-order chi connectivity index (χ0) is 44.5. The van der Waals surface area contributed by atoms with Crippen molar-refractivity contribution < 1.29 is 0 Å². The highest BCUT2D eigenvalue weighted by Crippen LogP contribution is 2.43. The number of fused-ring (bicyclic) bond motifs is 3. The molecule has 0 bridgehead atoms. The van der Waals surface area contributed by atoms with Crippen molar-refractivity contribution in [3.8, 4) is 101 Å². The molecule has 12 aromatic rings. The third-order valence-electron chi connectivity index (χ3n) is 12.6. The molecule has 0 radical (unpaired) electrons. The summed E-state index contributed by atoms with van der Waals surface area (Å²) in [5.74, 6) is 0.677. The Balaban J connectivity index is 1.02. The van der Waals surface area contributed by atoms with E-state index in [1.807, 2.05) is 6.07 Å². The third-order valence-corrected chi connectivity index (χ3v) is 12.6. The summed E-state index contributed by atoms with van der Waals surface area (Å²) in [7, 11) is 0. The van der Waals surface area contributed by atoms with Gasteiger partial charge in [0.05, 0.1) is 22.6 Å². The van der Waals surface area contributed by atoms with Gasteiger partial charge in [-0.25, -0.2) is 14.5 Å². The minimum absolute atomic E-state index is 0.677. The zero-order valence-electron chi connectivity index (χ0n) is 36.5. The summed E-state index contributed by atoms with van der Waals surface area (Å²) in [4.78, 5) is 10.5. The Morgan fingerprint density at radius 1 is 0.284 bits per heavy atom. The highest BCUT2D eigenvalue weighted by Gasteiger charge is 2.23. The van der Waals surface area contributed by atoms with Gasteiger partial charge in [-0.3, -0.25) is 0 Å². The van der Waals surface area contributed by atoms with Crippen LogP contribution in [0.25, 0.3) is 117 Å². The van der Waals surface area contributed by atoms with E-state index in [1.54, 1.807) is 0 Å². The van der Waals surface area contributed by atoms with Crippen molar-refractivity contribution in [2.75, 3.05) is 0 Å². The first-order valence-corrected chi connectivity index (χ1v) is 22.7. The Bertz CT molecular complexity index is 3600. The Kier molecular flexibility index (Phi) is 10.2. The predicted molar refractivity (Wildman–Crippen MR) is 277 cm³/mol. The molecule has 0 fully saturated rings. The molecule has 12 rings (SSSR count). The van der Waals surface area contributed by atoms with Crippen LogP contribution in [0.4, 0.5) is 0 Å². The SMILES string of the molecule is c1ccc(-c2cccc(-c3cc(-c4ccc(-c5cccc6c5cc(-c5ccccc5)n5nc(-c7ccccc7)c(-c7ccccc7)c65)cc4)nc(-c4cccc(-c5ccccc5)c4)n3)c2)cc1. The molecule has 4 heteroatoms. The number of pyridine rings is 1. The van der Waals surface area contributed by atoms with Crippen molar-refractivity contribution in [1.82, 2.24) is 19.6 Å². The van der Waals surface area contributed by atoms with Gasteiger partial charge in [-0.1, -0.05) is 231 Å². The van der Waals surface area contributed by atoms with Crippen LogP contribution in [0.5, 0.6) is 0 Å². The van der Waals surface area contributed by atoms with Crippen molar-refractivity contribution in [3.63, 3.8) is 0 Å². The number of aromatic nitrogens is 4. The third kappa shape index (κ3) is 7.57. The van der Waals surface area contributed by atoms with E-state index < -0.39 is 0 Å². The van der Waals surface area contributed by atoms with Gasteiger partial charge in [0.25, 0.3) is 0 Å². The predicted octanol–water partition coefficient (Wildman–Crippen LogP) is 16.3. The monoisotopic (exact) mass is 854 g/mol. The summed E-state index contributed by atoms with van der Waals surface area (Å²) in [5, 5.41) is 7.72. The maximum absolute atomic E-state index is 5.44. The van der Waals surface area contributed by atoms with E-state index in [0.29, 0.717) is 5.82 Å². The summed E-state index contributed by atoms with van der Waals surface area (Å²) in [5.41, 5.74) is 19.0. The second kappa shape index (κ2) is 17.2. The van der Waals surface area contributed by atoms with E-state index in [4.69, 9.17) is 15.1 Å². The molecule has 0 N–H and O–H groups in total. The fourth-order valence-corrected chi connectivity index (χ4v) is 9.36. The van der Waals surface area contributed by atoms with Crippen LogP contribution >= 0.6 is 0 Å². The number of rotatable bonds is 9. The molecule has 314 valence electrons. The molecule has 0 aliphatic rings. The van der Waals surface area contributed by atoms with Crippen LogP contribution < -0.4 is 0 Å². The quantitative estimate of drug-likeness (QED) is 0.145. The molecule has 0 atom stereocenters. The van der Waals surface area contributed by atoms with Crippen LogP contribution in [0, 0.1) is 0 Å². The smallest absolute Gasteiger partial charge is 0.160 e. The van der Waals surface area contributed by atoms with Crippen molar-refractivity contribution in [1.29, 1.82) is 0 Å². The molecule has 3 heterocycles. The molecule has 0 spiro atoms. The van der Waals surface area contributed by atoms with Gasteiger partial charge in [-0.15, -0.1) is 0 Å². The summed E-state index contributed by atoms with van der Waals surface area (Å²) in [6, 6.07) is 89.9. The molecule has 0 unspecified atom stereocenters. The fraction of sp³-hybridized carbons (Fsp3) is 0. The van der Waals surface area contributed by atoms with Gasteiger partial charge in [0, 0.05) is 38.8 Å². The lowest BCUT2D eigenvalue weighted by molar-refractivity contribution is 0.979. The average Bonchev–Trinajstić information content (AvgIpc) is 3.83. The van der Waals surface area contributed by atoms with E-state index in [1.165, 1.54) is 0 Å². The second-order valence-corrected chi connectivity index (χ2v) is 16.8. The Morgan fingerprint density at radius 2 is 0.746 bits per heavy atom. The first-order valence-electron chi connectivity index (χ1n) is 22.7. The summed E-state index contributed by atoms with van der Waals surface area (Å²) in [6.07, 6.45) is 0. The first-order chi connectivity index (χ1) is 33.2. The molecule has 0 aliphatic heterocycles. The molecule has 0 saturated carbocycles. The highest BCUT2D eigenvalue weighted by atomic mass is 15.2. The van der Waals surface area contributed by atoms with Gasteiger partial charge in [0.15, 0.2) is 5.82 Å². The normalized spacial score (nSPS) is 11.3. The van der Waals surface area contributed by atoms with Crippen LogP contribution in [-0.4, -0.2) is 19.6 Å². The van der Waals surface area contributed by atoms with Gasteiger partial charge in [0.2, 0.25) is 0 Å². The largest absolute Gasteiger partial charge is 0.231 e. The van der Waals surface area contributed by atoms with Crippen molar-refractivity contribution in [2.45, 2.75) is 0 Å². The van der Waals surface area contributed by atoms with E-state index in [0.717, 1.165) is 111 Å². The van der Waals surface area contributed by atoms with E-state index >= 15 is 0 Å². The van der Waals surface area contributed by atoms with Gasteiger partial charge in [-0.05, 0) is 68.6 Å². The van der Waals surface area contributed by atoms with Gasteiger partial charge in [-0.2, -0.15) is 5.10 Å². The molecular formula is C63H42N4. The molecule has 3 aromatic heterocycles. The first kappa shape index (κ1) is 39.6. The summed E-state index contributed by atoms with van der Waals surface area (Å²) in [6.45, 7) is 0. The van der Waals surface area contributed by atoms with Crippen LogP contribution in [0.1, 0.15) is 0 Å². The second-order valence-electron chi connectivity index (χ2n) is 16.8. The number of hydrogen-bond donors (Lipinski definition) is 0. The minimum Gasteiger partial charge on any atom is -0.231 e. The van der Waals surface area contributed by atoms with Gasteiger partial charge < -0.3 is 0 Å². The Hall–Kier alpha value is -8.99. The molecule has 0 amide bonds. The number of benzene rings is 9. The molecule has 4 nitrogen and oxygen atoms in total. The van der Waals surface area contributed by atoms with Crippen molar-refractivity contribution >= 4 is 16.3 Å². The minimum atomic E-state index is 0.677. The lowest BCUT2D eigenvalue weighted by atomic mass is 9.93. The maximum atomic E-state index is 5.44. The Morgan fingerprint density at radius 3 is 1.36 bits per heavy atom. The van der Waals surface area contributed by atoms with Crippen molar-refractivity contribution in [2.24, 2.45) is 0 Å². The number of hydrogen-bond acceptors (Lipinski definition) is 3. The number of nitrogens with zero attached hydrogens (tertiary/aromatic N) is 4. The van der Waals surface area contributed by atoms with Crippen LogP contribution in [-0.2, 0) is 0 Å². The van der Waals surface area contributed by atoms with Crippen LogP contribution in [0.2, 0.25) is 0 Å². The van der Waals surface area contributed by atoms with Gasteiger partial charge >= 0.3 is 0 Å². The van der Waals surface area contributed by atoms with E-state index in [2.05, 4.69) is 253 Å². The lowest BCUT2D eigenvalue weighted by Gasteiger charge is -2.14. The van der Waals surface area contributed by atoms with Crippen LogP contribution in [0.3, 0.4) is 0 Å². The van der Waals surface area contributed by atoms with Crippen LogP contribution in [0.15, 0.2) is 255 Å². The Labute approximate surface area is 389 Å². The fourth-order valence-electron chi connectivity index (χ4n) is 9.36. The molecule has 0 aliphatic carbocycles. The molecular weight excluding hydrogens is 813 g/mol. The standard InChI is InChI=1S/C63H42N4/c1-6-19-43(20-7-1)50-29-16-31-52(39-50)58-42-57(64-63(65-58)53-32-17-30-51(40-53)44-21-8-2-9-22-44)46-37-35-45(36-38-46)54-33-18-34-55-56(54)41-59(47-23-10-3-11-24-47)67-62(55)60(48-25-12-4-13-26-48)61(66-67)49-27-14-5-15-28-49/h1-42H.